The molecule has 0 N–H and O–H groups in total. The molecule has 1 aliphatic heterocycles. The van der Waals surface area contributed by atoms with E-state index in [1.54, 1.807) is 49.7 Å². The van der Waals surface area contributed by atoms with Gasteiger partial charge in [-0.2, -0.15) is 0 Å². The third-order valence-corrected chi connectivity index (χ3v) is 7.77. The van der Waals surface area contributed by atoms with Gasteiger partial charge < -0.3 is 36.6 Å². The molecule has 268 valence electrons. The van der Waals surface area contributed by atoms with Crippen molar-refractivity contribution in [3.63, 3.8) is 0 Å². The van der Waals surface area contributed by atoms with Crippen molar-refractivity contribution in [2.24, 2.45) is 0 Å². The zero-order valence-corrected chi connectivity index (χ0v) is 30.7. The van der Waals surface area contributed by atoms with E-state index < -0.39 is 56.3 Å². The zero-order valence-electron chi connectivity index (χ0n) is 29.1. The molecule has 0 bridgehead atoms. The zero-order chi connectivity index (χ0) is 36.4. The molecule has 6 aromatic rings. The number of rotatable bonds is 6. The lowest BCUT2D eigenvalue weighted by Crippen LogP contribution is -2.62. The summed E-state index contributed by atoms with van der Waals surface area (Å²) < 4.78 is 67.1. The van der Waals surface area contributed by atoms with Crippen molar-refractivity contribution < 1.29 is 45.0 Å². The molecule has 0 spiro atoms. The van der Waals surface area contributed by atoms with E-state index in [4.69, 9.17) is 36.6 Å². The molecule has 4 aromatic heterocycles. The fraction of sp³-hybridized carbons (Fsp3) is 0.389. The fourth-order valence-electron chi connectivity index (χ4n) is 5.43. The van der Waals surface area contributed by atoms with Gasteiger partial charge in [0, 0.05) is 80.3 Å². The number of furan rings is 2. The molecule has 1 aliphatic rings. The van der Waals surface area contributed by atoms with E-state index in [-0.39, 0.29) is 13.2 Å². The van der Waals surface area contributed by atoms with E-state index in [1.807, 2.05) is 52.0 Å². The largest absolute Gasteiger partial charge is 0.483 e. The third kappa shape index (κ3) is 8.37. The summed E-state index contributed by atoms with van der Waals surface area (Å²) in [7, 11) is -1.22. The van der Waals surface area contributed by atoms with Crippen molar-refractivity contribution in [2.45, 2.75) is 51.1 Å². The van der Waals surface area contributed by atoms with Crippen LogP contribution in [0.15, 0.2) is 88.3 Å². The molecule has 50 heavy (non-hydrogen) atoms. The van der Waals surface area contributed by atoms with E-state index >= 15 is 0 Å². The molecule has 1 saturated heterocycles. The predicted molar refractivity (Wildman–Crippen MR) is 193 cm³/mol. The number of hydrogen-bond donors (Lipinski definition) is 0. The van der Waals surface area contributed by atoms with E-state index in [0.717, 1.165) is 10.8 Å². The average molecular weight is 729 g/mol. The summed E-state index contributed by atoms with van der Waals surface area (Å²) in [6.45, 7) is 7.85. The van der Waals surface area contributed by atoms with Crippen LogP contribution in [0.4, 0.5) is 0 Å². The van der Waals surface area contributed by atoms with Crippen LogP contribution >= 0.6 is 0 Å². The van der Waals surface area contributed by atoms with E-state index in [1.165, 1.54) is 12.1 Å². The molecule has 1 fully saturated rings. The Bertz CT molecular complexity index is 2120. The maximum absolute atomic E-state index is 12.0. The normalized spacial score (nSPS) is 18.2. The van der Waals surface area contributed by atoms with Crippen molar-refractivity contribution in [3.05, 3.63) is 81.9 Å². The van der Waals surface area contributed by atoms with E-state index in [0.29, 0.717) is 44.6 Å². The topological polar surface area (TPSA) is 158 Å². The van der Waals surface area contributed by atoms with Crippen LogP contribution < -0.4 is 20.7 Å². The second-order valence-corrected chi connectivity index (χ2v) is 15.9. The van der Waals surface area contributed by atoms with E-state index in [2.05, 4.69) is 0 Å². The summed E-state index contributed by atoms with van der Waals surface area (Å²) in [4.78, 5) is 24.0. The maximum Gasteiger partial charge on any atom is 0.336 e. The molecule has 2 aromatic carbocycles. The average Bonchev–Trinajstić information content (AvgIpc) is 3.68. The second kappa shape index (κ2) is 14.9. The number of fused-ring (bicyclic) bond motifs is 4. The SMILES string of the molecule is CC1(C)O[C@H](COc2c3occc3cc3ccc(=O)oc23)C(C)(C)O[C@@H]1COc1c2occc2cc2ccc(=O)oc12.CS(C)=O.CS(C)=O. The van der Waals surface area contributed by atoms with Crippen LogP contribution in [-0.4, -0.2) is 70.1 Å². The summed E-state index contributed by atoms with van der Waals surface area (Å²) in [5.41, 5.74) is -1.03. The highest BCUT2D eigenvalue weighted by atomic mass is 32.2. The maximum atomic E-state index is 12.0. The summed E-state index contributed by atoms with van der Waals surface area (Å²) in [6, 6.07) is 13.5. The Morgan fingerprint density at radius 3 is 1.28 bits per heavy atom. The molecule has 0 saturated carbocycles. The number of ether oxygens (including phenoxy) is 4. The van der Waals surface area contributed by atoms with E-state index in [9.17, 15) is 18.0 Å². The highest BCUT2D eigenvalue weighted by Gasteiger charge is 2.49. The van der Waals surface area contributed by atoms with Gasteiger partial charge in [-0.1, -0.05) is 0 Å². The lowest BCUT2D eigenvalue weighted by Gasteiger charge is -2.50. The van der Waals surface area contributed by atoms with Crippen LogP contribution in [0.1, 0.15) is 27.7 Å². The fourth-order valence-corrected chi connectivity index (χ4v) is 5.43. The molecule has 5 heterocycles. The first-order valence-corrected chi connectivity index (χ1v) is 19.5. The van der Waals surface area contributed by atoms with Gasteiger partial charge >= 0.3 is 11.3 Å². The second-order valence-electron chi connectivity index (χ2n) is 13.0. The molecule has 0 aliphatic carbocycles. The summed E-state index contributed by atoms with van der Waals surface area (Å²) >= 11 is 0. The molecule has 14 heteroatoms. The molecular formula is C36H40O12S2. The predicted octanol–water partition coefficient (Wildman–Crippen LogP) is 6.18. The standard InChI is InChI=1S/C32H28O10.2C2H6OS/c1-31(2)21(15-37-29-25-19(9-11-35-25)13-17-5-7-23(33)39-27(17)29)42-32(3,4)22(41-31)16-38-30-26-20(10-12-36-26)14-18-6-8-24(34)40-28(18)30;2*1-4(2)3/h5-14,21-22H,15-16H2,1-4H3;2*1-2H3/t21-,22-;;/m1../s1. The van der Waals surface area contributed by atoms with Gasteiger partial charge in [-0.05, 0) is 64.1 Å². The molecule has 7 rings (SSSR count). The van der Waals surface area contributed by atoms with Crippen molar-refractivity contribution in [1.82, 2.24) is 0 Å². The Morgan fingerprint density at radius 2 is 0.920 bits per heavy atom. The van der Waals surface area contributed by atoms with Crippen molar-refractivity contribution in [2.75, 3.05) is 38.2 Å². The first kappa shape index (κ1) is 37.0. The molecule has 0 unspecified atom stereocenters. The minimum absolute atomic E-state index is 0.0963. The Kier molecular flexibility index (Phi) is 11.1. The molecular weight excluding hydrogens is 689 g/mol. The van der Waals surface area contributed by atoms with Gasteiger partial charge in [-0.15, -0.1) is 0 Å². The Morgan fingerprint density at radius 1 is 0.580 bits per heavy atom. The molecule has 2 atom stereocenters. The van der Waals surface area contributed by atoms with Crippen molar-refractivity contribution >= 4 is 65.5 Å². The first-order valence-electron chi connectivity index (χ1n) is 15.5. The van der Waals surface area contributed by atoms with Crippen LogP contribution in [0.25, 0.3) is 43.9 Å². The van der Waals surface area contributed by atoms with Gasteiger partial charge in [-0.25, -0.2) is 9.59 Å². The minimum atomic E-state index is -0.803. The minimum Gasteiger partial charge on any atom is -0.483 e. The Balaban J connectivity index is 0.000000552. The van der Waals surface area contributed by atoms with Gasteiger partial charge in [0.25, 0.3) is 0 Å². The summed E-state index contributed by atoms with van der Waals surface area (Å²) in [6.07, 6.45) is 8.66. The van der Waals surface area contributed by atoms with Gasteiger partial charge in [-0.3, -0.25) is 8.42 Å². The lowest BCUT2D eigenvalue weighted by molar-refractivity contribution is -0.298. The molecule has 12 nitrogen and oxygen atoms in total. The number of benzene rings is 2. The summed E-state index contributed by atoms with van der Waals surface area (Å²) in [5.74, 6) is 0.653. The van der Waals surface area contributed by atoms with Gasteiger partial charge in [0.15, 0.2) is 22.3 Å². The van der Waals surface area contributed by atoms with Crippen LogP contribution in [-0.2, 0) is 31.1 Å². The van der Waals surface area contributed by atoms with Crippen LogP contribution in [0.3, 0.4) is 0 Å². The first-order chi connectivity index (χ1) is 23.6. The lowest BCUT2D eigenvalue weighted by atomic mass is 9.92. The van der Waals surface area contributed by atoms with Crippen LogP contribution in [0, 0.1) is 0 Å². The Hall–Kier alpha value is -4.24. The monoisotopic (exact) mass is 728 g/mol. The Labute approximate surface area is 292 Å². The third-order valence-electron chi connectivity index (χ3n) is 7.77. The van der Waals surface area contributed by atoms with Crippen LogP contribution in [0.2, 0.25) is 0 Å². The quantitative estimate of drug-likeness (QED) is 0.180. The van der Waals surface area contributed by atoms with Gasteiger partial charge in [0.05, 0.1) is 23.7 Å². The highest BCUT2D eigenvalue weighted by Crippen LogP contribution is 2.40. The van der Waals surface area contributed by atoms with Crippen LogP contribution in [0.5, 0.6) is 11.5 Å². The van der Waals surface area contributed by atoms with Gasteiger partial charge in [0.2, 0.25) is 11.5 Å². The highest BCUT2D eigenvalue weighted by molar-refractivity contribution is 7.83. The molecule has 0 amide bonds. The van der Waals surface area contributed by atoms with Crippen molar-refractivity contribution in [1.29, 1.82) is 0 Å². The smallest absolute Gasteiger partial charge is 0.336 e. The van der Waals surface area contributed by atoms with Crippen molar-refractivity contribution in [3.8, 4) is 11.5 Å². The van der Waals surface area contributed by atoms with Gasteiger partial charge in [0.1, 0.15) is 25.4 Å². The number of hydrogen-bond acceptors (Lipinski definition) is 12. The molecule has 0 radical (unpaired) electrons. The summed E-state index contributed by atoms with van der Waals surface area (Å²) in [5, 5.41) is 3.06.